The molecule has 1 aliphatic heterocycles. The van der Waals surface area contributed by atoms with Gasteiger partial charge in [-0.2, -0.15) is 0 Å². The molecule has 6 nitrogen and oxygen atoms in total. The molecule has 0 radical (unpaired) electrons. The molecule has 1 fully saturated rings. The van der Waals surface area contributed by atoms with Gasteiger partial charge < -0.3 is 4.42 Å². The van der Waals surface area contributed by atoms with Crippen LogP contribution in [0.4, 0.5) is 6.01 Å². The van der Waals surface area contributed by atoms with Crippen LogP contribution in [0.25, 0.3) is 0 Å². The number of nitrogens with zero attached hydrogens (tertiary/aromatic N) is 3. The summed E-state index contributed by atoms with van der Waals surface area (Å²) < 4.78 is 5.58. The molecule has 22 heavy (non-hydrogen) atoms. The van der Waals surface area contributed by atoms with Gasteiger partial charge in [0.05, 0.1) is 6.42 Å². The molecular weight excluding hydrogens is 302 g/mol. The highest BCUT2D eigenvalue weighted by Gasteiger charge is 2.34. The van der Waals surface area contributed by atoms with E-state index in [0.717, 1.165) is 5.56 Å². The van der Waals surface area contributed by atoms with Crippen LogP contribution in [0.3, 0.4) is 0 Å². The number of aromatic nitrogens is 2. The van der Waals surface area contributed by atoms with Gasteiger partial charge in [-0.05, 0) is 5.56 Å². The molecule has 7 heteroatoms. The third kappa shape index (κ3) is 3.36. The van der Waals surface area contributed by atoms with E-state index in [2.05, 4.69) is 10.2 Å². The van der Waals surface area contributed by atoms with Crippen LogP contribution in [0.5, 0.6) is 0 Å². The van der Waals surface area contributed by atoms with Gasteiger partial charge >= 0.3 is 6.01 Å². The summed E-state index contributed by atoms with van der Waals surface area (Å²) in [4.78, 5) is 24.6. The number of hydrogen-bond acceptors (Lipinski definition) is 6. The standard InChI is InChI=1S/C15H15N3O3S/c1-10(19)22-12-8-14(20)18(9-12)15-17-16-13(21-15)7-11-5-3-2-4-6-11/h2-6,12H,7-9H2,1H3. The fourth-order valence-corrected chi connectivity index (χ4v) is 3.29. The number of hydrogen-bond donors (Lipinski definition) is 0. The Bertz CT molecular complexity index is 686. The van der Waals surface area contributed by atoms with Crippen molar-refractivity contribution in [1.82, 2.24) is 10.2 Å². The van der Waals surface area contributed by atoms with E-state index in [1.165, 1.54) is 23.6 Å². The summed E-state index contributed by atoms with van der Waals surface area (Å²) in [6.45, 7) is 1.93. The summed E-state index contributed by atoms with van der Waals surface area (Å²) in [7, 11) is 0. The van der Waals surface area contributed by atoms with Gasteiger partial charge in [0, 0.05) is 25.1 Å². The average Bonchev–Trinajstić information content (AvgIpc) is 3.06. The van der Waals surface area contributed by atoms with Crippen molar-refractivity contribution < 1.29 is 14.0 Å². The number of thioether (sulfide) groups is 1. The first-order valence-electron chi connectivity index (χ1n) is 6.95. The van der Waals surface area contributed by atoms with Crippen LogP contribution in [0, 0.1) is 0 Å². The maximum atomic E-state index is 12.0. The molecule has 0 saturated carbocycles. The van der Waals surface area contributed by atoms with Crippen LogP contribution < -0.4 is 4.90 Å². The van der Waals surface area contributed by atoms with Crippen molar-refractivity contribution in [1.29, 1.82) is 0 Å². The minimum absolute atomic E-state index is 0.00921. The minimum Gasteiger partial charge on any atom is -0.407 e. The maximum absolute atomic E-state index is 12.0. The Hall–Kier alpha value is -2.15. The van der Waals surface area contributed by atoms with Crippen LogP contribution in [0.2, 0.25) is 0 Å². The molecule has 1 amide bonds. The lowest BCUT2D eigenvalue weighted by molar-refractivity contribution is -0.117. The summed E-state index contributed by atoms with van der Waals surface area (Å²) in [6, 6.07) is 10.00. The molecule has 0 bridgehead atoms. The quantitative estimate of drug-likeness (QED) is 0.859. The predicted octanol–water partition coefficient (Wildman–Crippen LogP) is 2.05. The molecular formula is C15H15N3O3S. The summed E-state index contributed by atoms with van der Waals surface area (Å²) >= 11 is 1.18. The predicted molar refractivity (Wildman–Crippen MR) is 82.6 cm³/mol. The first kappa shape index (κ1) is 14.8. The molecule has 1 aromatic heterocycles. The van der Waals surface area contributed by atoms with Crippen LogP contribution >= 0.6 is 11.8 Å². The number of anilines is 1. The zero-order valence-corrected chi connectivity index (χ0v) is 12.9. The third-order valence-corrected chi connectivity index (χ3v) is 4.29. The highest BCUT2D eigenvalue weighted by molar-refractivity contribution is 8.14. The summed E-state index contributed by atoms with van der Waals surface area (Å²) in [5.41, 5.74) is 1.07. The van der Waals surface area contributed by atoms with Crippen molar-refractivity contribution in [2.75, 3.05) is 11.4 Å². The van der Waals surface area contributed by atoms with Gasteiger partial charge in [0.25, 0.3) is 0 Å². The van der Waals surface area contributed by atoms with Crippen molar-refractivity contribution in [3.05, 3.63) is 41.8 Å². The molecule has 1 aromatic carbocycles. The number of benzene rings is 1. The third-order valence-electron chi connectivity index (χ3n) is 3.31. The lowest BCUT2D eigenvalue weighted by Crippen LogP contribution is -2.25. The molecule has 2 aromatic rings. The number of carbonyl (C=O) groups excluding carboxylic acids is 2. The SMILES string of the molecule is CC(=O)SC1CC(=O)N(c2nnc(Cc3ccccc3)o2)C1. The van der Waals surface area contributed by atoms with E-state index >= 15 is 0 Å². The van der Waals surface area contributed by atoms with E-state index in [0.29, 0.717) is 25.3 Å². The van der Waals surface area contributed by atoms with Crippen LogP contribution in [0.15, 0.2) is 34.7 Å². The smallest absolute Gasteiger partial charge is 0.325 e. The molecule has 1 atom stereocenters. The van der Waals surface area contributed by atoms with E-state index in [1.807, 2.05) is 30.3 Å². The molecule has 2 heterocycles. The fraction of sp³-hybridized carbons (Fsp3) is 0.333. The van der Waals surface area contributed by atoms with Crippen LogP contribution in [0.1, 0.15) is 24.8 Å². The summed E-state index contributed by atoms with van der Waals surface area (Å²) in [5.74, 6) is 0.380. The number of rotatable bonds is 4. The largest absolute Gasteiger partial charge is 0.407 e. The second-order valence-corrected chi connectivity index (χ2v) is 6.56. The zero-order chi connectivity index (χ0) is 15.5. The Morgan fingerprint density at radius 1 is 1.36 bits per heavy atom. The van der Waals surface area contributed by atoms with Gasteiger partial charge in [-0.15, -0.1) is 5.10 Å². The molecule has 1 aliphatic rings. The average molecular weight is 317 g/mol. The second kappa shape index (κ2) is 6.31. The van der Waals surface area contributed by atoms with E-state index in [1.54, 1.807) is 0 Å². The van der Waals surface area contributed by atoms with E-state index < -0.39 is 0 Å². The lowest BCUT2D eigenvalue weighted by Gasteiger charge is -2.09. The first-order valence-corrected chi connectivity index (χ1v) is 7.83. The van der Waals surface area contributed by atoms with E-state index in [4.69, 9.17) is 4.42 Å². The molecule has 0 N–H and O–H groups in total. The monoisotopic (exact) mass is 317 g/mol. The van der Waals surface area contributed by atoms with Gasteiger partial charge in [0.15, 0.2) is 5.12 Å². The van der Waals surface area contributed by atoms with Crippen LogP contribution in [-0.2, 0) is 16.0 Å². The molecule has 0 aliphatic carbocycles. The van der Waals surface area contributed by atoms with Crippen molar-refractivity contribution in [3.8, 4) is 0 Å². The van der Waals surface area contributed by atoms with Gasteiger partial charge in [-0.3, -0.25) is 14.5 Å². The molecule has 3 rings (SSSR count). The highest BCUT2D eigenvalue weighted by atomic mass is 32.2. The van der Waals surface area contributed by atoms with Crippen molar-refractivity contribution in [3.63, 3.8) is 0 Å². The lowest BCUT2D eigenvalue weighted by atomic mass is 10.2. The Balaban J connectivity index is 1.68. The second-order valence-electron chi connectivity index (χ2n) is 5.08. The maximum Gasteiger partial charge on any atom is 0.325 e. The molecule has 0 spiro atoms. The summed E-state index contributed by atoms with van der Waals surface area (Å²) in [5, 5.41) is 7.91. The molecule has 1 saturated heterocycles. The van der Waals surface area contributed by atoms with Crippen molar-refractivity contribution in [2.24, 2.45) is 0 Å². The van der Waals surface area contributed by atoms with E-state index in [-0.39, 0.29) is 22.3 Å². The first-order chi connectivity index (χ1) is 10.6. The topological polar surface area (TPSA) is 76.3 Å². The zero-order valence-electron chi connectivity index (χ0n) is 12.1. The Labute approximate surface area is 131 Å². The minimum atomic E-state index is -0.0892. The van der Waals surface area contributed by atoms with Gasteiger partial charge in [0.1, 0.15) is 0 Å². The number of carbonyl (C=O) groups is 2. The molecule has 114 valence electrons. The Kier molecular flexibility index (Phi) is 4.24. The van der Waals surface area contributed by atoms with Gasteiger partial charge in [-0.1, -0.05) is 47.2 Å². The molecule has 1 unspecified atom stereocenters. The van der Waals surface area contributed by atoms with E-state index in [9.17, 15) is 9.59 Å². The van der Waals surface area contributed by atoms with Gasteiger partial charge in [-0.25, -0.2) is 0 Å². The van der Waals surface area contributed by atoms with Crippen molar-refractivity contribution >= 4 is 28.8 Å². The highest BCUT2D eigenvalue weighted by Crippen LogP contribution is 2.28. The van der Waals surface area contributed by atoms with Crippen LogP contribution in [-0.4, -0.2) is 33.0 Å². The van der Waals surface area contributed by atoms with Crippen molar-refractivity contribution in [2.45, 2.75) is 25.0 Å². The van der Waals surface area contributed by atoms with Gasteiger partial charge in [0.2, 0.25) is 11.8 Å². The fourth-order valence-electron chi connectivity index (χ4n) is 2.37. The summed E-state index contributed by atoms with van der Waals surface area (Å²) in [6.07, 6.45) is 0.849. The normalized spacial score (nSPS) is 18.0. The number of amides is 1. The Morgan fingerprint density at radius 3 is 2.86 bits per heavy atom. The Morgan fingerprint density at radius 2 is 2.14 bits per heavy atom.